The molecule has 0 aromatic heterocycles. The number of aliphatic imine (C=N–C) groups is 2. The molecule has 4 nitrogen and oxygen atoms in total. The molecule has 0 saturated heterocycles. The van der Waals surface area contributed by atoms with Crippen LogP contribution in [0.2, 0.25) is 0 Å². The molecule has 3 atom stereocenters. The van der Waals surface area contributed by atoms with E-state index >= 15 is 0 Å². The third-order valence-corrected chi connectivity index (χ3v) is 7.03. The Hall–Kier alpha value is -0.620. The van der Waals surface area contributed by atoms with Crippen LogP contribution in [-0.2, 0) is 0 Å². The zero-order valence-corrected chi connectivity index (χ0v) is 15.5. The maximum Gasteiger partial charge on any atom is 0.168 e. The van der Waals surface area contributed by atoms with Gasteiger partial charge in [0, 0.05) is 17.5 Å². The number of fused-ring (bicyclic) bond motifs is 3. The van der Waals surface area contributed by atoms with Gasteiger partial charge in [-0.25, -0.2) is 0 Å². The summed E-state index contributed by atoms with van der Waals surface area (Å²) in [5.74, 6) is 1.02. The molecule has 4 aliphatic rings. The molecular formula is C17H26N4S2. The van der Waals surface area contributed by atoms with Crippen LogP contribution in [0.4, 0.5) is 0 Å². The number of hydrogen-bond donors (Lipinski definition) is 1. The highest BCUT2D eigenvalue weighted by atomic mass is 32.2. The lowest BCUT2D eigenvalue weighted by Crippen LogP contribution is -2.39. The minimum Gasteiger partial charge on any atom is -0.360 e. The average Bonchev–Trinajstić information content (AvgIpc) is 3.26. The molecule has 1 N–H and O–H groups in total. The molecule has 6 heteroatoms. The lowest BCUT2D eigenvalue weighted by Gasteiger charge is -2.31. The Morgan fingerprint density at radius 1 is 1.39 bits per heavy atom. The van der Waals surface area contributed by atoms with Crippen molar-refractivity contribution < 1.29 is 0 Å². The van der Waals surface area contributed by atoms with Gasteiger partial charge < -0.3 is 10.2 Å². The maximum absolute atomic E-state index is 4.95. The molecule has 0 bridgehead atoms. The molecule has 3 aliphatic heterocycles. The van der Waals surface area contributed by atoms with E-state index in [0.29, 0.717) is 18.1 Å². The zero-order valence-electron chi connectivity index (χ0n) is 13.8. The van der Waals surface area contributed by atoms with Crippen molar-refractivity contribution in [2.75, 3.05) is 12.3 Å². The molecule has 1 fully saturated rings. The Morgan fingerprint density at radius 2 is 2.30 bits per heavy atom. The van der Waals surface area contributed by atoms with Gasteiger partial charge in [0.25, 0.3) is 0 Å². The number of thioether (sulfide) groups is 2. The van der Waals surface area contributed by atoms with Gasteiger partial charge in [0.05, 0.1) is 18.6 Å². The Morgan fingerprint density at radius 3 is 3.22 bits per heavy atom. The molecular weight excluding hydrogens is 324 g/mol. The van der Waals surface area contributed by atoms with Gasteiger partial charge in [0.2, 0.25) is 0 Å². The topological polar surface area (TPSA) is 40.0 Å². The fourth-order valence-electron chi connectivity index (χ4n) is 3.90. The molecule has 0 aromatic carbocycles. The minimum atomic E-state index is 0.556. The monoisotopic (exact) mass is 350 g/mol. The second-order valence-corrected chi connectivity index (χ2v) is 8.65. The van der Waals surface area contributed by atoms with E-state index in [4.69, 9.17) is 4.99 Å². The Balaban J connectivity index is 1.30. The van der Waals surface area contributed by atoms with Crippen molar-refractivity contribution in [3.05, 3.63) is 11.1 Å². The Kier molecular flexibility index (Phi) is 4.90. The summed E-state index contributed by atoms with van der Waals surface area (Å²) in [4.78, 5) is 12.2. The third kappa shape index (κ3) is 3.29. The van der Waals surface area contributed by atoms with Crippen LogP contribution in [-0.4, -0.2) is 45.7 Å². The van der Waals surface area contributed by atoms with Crippen molar-refractivity contribution in [2.24, 2.45) is 9.98 Å². The molecule has 0 radical (unpaired) electrons. The van der Waals surface area contributed by atoms with E-state index in [1.165, 1.54) is 55.8 Å². The van der Waals surface area contributed by atoms with E-state index in [0.717, 1.165) is 17.5 Å². The standard InChI is InChI=1S/C17H26N4S2/c1-2-3-6-12-9-18-16(19-12)22-10-13-11-23-17-20-14-7-4-5-8-15(14)21(13)17/h11-12,14-15H,2-10H2,1H3,(H,18,19). The van der Waals surface area contributed by atoms with E-state index < -0.39 is 0 Å². The van der Waals surface area contributed by atoms with Gasteiger partial charge in [-0.3, -0.25) is 9.98 Å². The van der Waals surface area contributed by atoms with Crippen molar-refractivity contribution >= 4 is 33.9 Å². The van der Waals surface area contributed by atoms with Crippen molar-refractivity contribution in [1.29, 1.82) is 0 Å². The van der Waals surface area contributed by atoms with E-state index in [1.807, 2.05) is 23.5 Å². The predicted octanol–water partition coefficient (Wildman–Crippen LogP) is 3.81. The quantitative estimate of drug-likeness (QED) is 0.818. The molecule has 0 aromatic rings. The fraction of sp³-hybridized carbons (Fsp3) is 0.765. The first-order valence-corrected chi connectivity index (χ1v) is 10.9. The van der Waals surface area contributed by atoms with Crippen LogP contribution < -0.4 is 5.32 Å². The number of rotatable bonds is 5. The normalized spacial score (nSPS) is 32.1. The SMILES string of the molecule is CCCCC1CN=C(SCC2=CSC3=NC4CCCCC4N23)N1. The zero-order chi connectivity index (χ0) is 15.6. The lowest BCUT2D eigenvalue weighted by molar-refractivity contribution is 0.285. The highest BCUT2D eigenvalue weighted by Gasteiger charge is 2.41. The van der Waals surface area contributed by atoms with Crippen molar-refractivity contribution in [2.45, 2.75) is 70.0 Å². The Bertz CT molecular complexity index is 543. The highest BCUT2D eigenvalue weighted by molar-refractivity contribution is 8.17. The molecule has 0 spiro atoms. The van der Waals surface area contributed by atoms with E-state index in [1.54, 1.807) is 0 Å². The first-order valence-electron chi connectivity index (χ1n) is 9.01. The number of unbranched alkanes of at least 4 members (excludes halogenated alkanes) is 1. The summed E-state index contributed by atoms with van der Waals surface area (Å²) in [6.45, 7) is 3.21. The summed E-state index contributed by atoms with van der Waals surface area (Å²) >= 11 is 3.69. The van der Waals surface area contributed by atoms with Crippen molar-refractivity contribution in [3.63, 3.8) is 0 Å². The third-order valence-electron chi connectivity index (χ3n) is 5.16. The van der Waals surface area contributed by atoms with Crippen LogP contribution in [0.1, 0.15) is 51.9 Å². The smallest absolute Gasteiger partial charge is 0.168 e. The van der Waals surface area contributed by atoms with Gasteiger partial charge in [0.1, 0.15) is 0 Å². The molecule has 3 unspecified atom stereocenters. The summed E-state index contributed by atoms with van der Waals surface area (Å²) in [5.41, 5.74) is 1.44. The van der Waals surface area contributed by atoms with Crippen LogP contribution in [0, 0.1) is 0 Å². The second kappa shape index (κ2) is 7.09. The van der Waals surface area contributed by atoms with E-state index in [9.17, 15) is 0 Å². The maximum atomic E-state index is 4.95. The summed E-state index contributed by atoms with van der Waals surface area (Å²) in [5, 5.41) is 8.29. The number of nitrogens with one attached hydrogen (secondary N) is 1. The predicted molar refractivity (Wildman–Crippen MR) is 102 cm³/mol. The number of hydrogen-bond acceptors (Lipinski definition) is 6. The molecule has 0 amide bonds. The summed E-state index contributed by atoms with van der Waals surface area (Å²) in [6, 6.07) is 1.76. The van der Waals surface area contributed by atoms with Gasteiger partial charge >= 0.3 is 0 Å². The first-order chi connectivity index (χ1) is 11.3. The largest absolute Gasteiger partial charge is 0.360 e. The fourth-order valence-corrected chi connectivity index (χ4v) is 5.93. The second-order valence-electron chi connectivity index (χ2n) is 6.85. The number of amidine groups is 2. The van der Waals surface area contributed by atoms with E-state index in [2.05, 4.69) is 27.5 Å². The first kappa shape index (κ1) is 15.9. The average molecular weight is 351 g/mol. The Labute approximate surface area is 147 Å². The number of nitrogens with zero attached hydrogens (tertiary/aromatic N) is 3. The summed E-state index contributed by atoms with van der Waals surface area (Å²) in [7, 11) is 0. The van der Waals surface area contributed by atoms with Crippen LogP contribution in [0.5, 0.6) is 0 Å². The summed E-state index contributed by atoms with van der Waals surface area (Å²) in [6.07, 6.45) is 9.10. The van der Waals surface area contributed by atoms with Gasteiger partial charge in [-0.05, 0) is 24.7 Å². The minimum absolute atomic E-state index is 0.556. The molecule has 1 aliphatic carbocycles. The van der Waals surface area contributed by atoms with E-state index in [-0.39, 0.29) is 0 Å². The molecule has 4 rings (SSSR count). The van der Waals surface area contributed by atoms with Crippen molar-refractivity contribution in [3.8, 4) is 0 Å². The summed E-state index contributed by atoms with van der Waals surface area (Å²) < 4.78 is 0. The molecule has 126 valence electrons. The lowest BCUT2D eigenvalue weighted by atomic mass is 9.91. The highest BCUT2D eigenvalue weighted by Crippen LogP contribution is 2.41. The van der Waals surface area contributed by atoms with Gasteiger partial charge in [0.15, 0.2) is 10.3 Å². The van der Waals surface area contributed by atoms with Gasteiger partial charge in [-0.2, -0.15) is 0 Å². The van der Waals surface area contributed by atoms with Crippen LogP contribution >= 0.6 is 23.5 Å². The van der Waals surface area contributed by atoms with Crippen LogP contribution in [0.3, 0.4) is 0 Å². The molecule has 1 saturated carbocycles. The van der Waals surface area contributed by atoms with Crippen LogP contribution in [0.15, 0.2) is 21.1 Å². The van der Waals surface area contributed by atoms with Gasteiger partial charge in [-0.15, -0.1) is 0 Å². The van der Waals surface area contributed by atoms with Crippen LogP contribution in [0.25, 0.3) is 0 Å². The van der Waals surface area contributed by atoms with Gasteiger partial charge in [-0.1, -0.05) is 56.1 Å². The molecule has 3 heterocycles. The molecule has 23 heavy (non-hydrogen) atoms. The van der Waals surface area contributed by atoms with Crippen molar-refractivity contribution in [1.82, 2.24) is 10.2 Å².